The summed E-state index contributed by atoms with van der Waals surface area (Å²) in [5, 5.41) is 1.31. The average Bonchev–Trinajstić information content (AvgIpc) is 2.89. The van der Waals surface area contributed by atoms with Crippen molar-refractivity contribution in [1.29, 1.82) is 0 Å². The first-order chi connectivity index (χ1) is 10.7. The van der Waals surface area contributed by atoms with Gasteiger partial charge < -0.3 is 10.7 Å². The maximum absolute atomic E-state index is 5.66. The number of hydrogen-bond donors (Lipinski definition) is 2. The number of nitrogens with two attached hydrogens (primary N) is 1. The number of aromatic nitrogens is 1. The van der Waals surface area contributed by atoms with Crippen LogP contribution in [-0.4, -0.2) is 11.5 Å². The van der Waals surface area contributed by atoms with Crippen molar-refractivity contribution in [2.75, 3.05) is 6.54 Å². The van der Waals surface area contributed by atoms with Crippen molar-refractivity contribution in [2.45, 2.75) is 26.2 Å². The number of aryl methyl sites for hydroxylation is 2. The Hall–Kier alpha value is -1.58. The third-order valence-corrected chi connectivity index (χ3v) is 4.77. The molecule has 1 aromatic heterocycles. The van der Waals surface area contributed by atoms with Gasteiger partial charge in [-0.15, -0.1) is 0 Å². The summed E-state index contributed by atoms with van der Waals surface area (Å²) in [7, 11) is 0. The van der Waals surface area contributed by atoms with Gasteiger partial charge in [0.25, 0.3) is 0 Å². The molecule has 0 fully saturated rings. The van der Waals surface area contributed by atoms with Crippen molar-refractivity contribution in [2.24, 2.45) is 5.73 Å². The van der Waals surface area contributed by atoms with E-state index in [4.69, 9.17) is 5.73 Å². The summed E-state index contributed by atoms with van der Waals surface area (Å²) in [6.07, 6.45) is 3.24. The number of para-hydroxylation sites is 1. The maximum Gasteiger partial charge on any atom is 0.0606 e. The highest BCUT2D eigenvalue weighted by Gasteiger charge is 2.14. The van der Waals surface area contributed by atoms with Crippen LogP contribution in [0.5, 0.6) is 0 Å². The zero-order chi connectivity index (χ0) is 15.5. The van der Waals surface area contributed by atoms with Gasteiger partial charge in [0, 0.05) is 15.6 Å². The van der Waals surface area contributed by atoms with Crippen LogP contribution in [0.1, 0.15) is 24.0 Å². The predicted molar refractivity (Wildman–Crippen MR) is 98.2 cm³/mol. The van der Waals surface area contributed by atoms with Crippen LogP contribution in [0.3, 0.4) is 0 Å². The highest BCUT2D eigenvalue weighted by atomic mass is 79.9. The van der Waals surface area contributed by atoms with Gasteiger partial charge in [-0.05, 0) is 65.9 Å². The molecule has 22 heavy (non-hydrogen) atoms. The topological polar surface area (TPSA) is 41.8 Å². The normalized spacial score (nSPS) is 11.2. The molecule has 1 heterocycles. The Labute approximate surface area is 139 Å². The van der Waals surface area contributed by atoms with Crippen LogP contribution in [0.2, 0.25) is 0 Å². The molecule has 0 aliphatic rings. The molecule has 0 aliphatic heterocycles. The molecule has 2 nitrogen and oxygen atoms in total. The molecular formula is C19H21BrN2. The monoisotopic (exact) mass is 356 g/mol. The van der Waals surface area contributed by atoms with E-state index in [9.17, 15) is 0 Å². The molecule has 3 rings (SSSR count). The summed E-state index contributed by atoms with van der Waals surface area (Å²) < 4.78 is 1.11. The van der Waals surface area contributed by atoms with Crippen LogP contribution in [-0.2, 0) is 6.42 Å². The molecule has 0 saturated heterocycles. The minimum absolute atomic E-state index is 0.756. The number of rotatable bonds is 5. The smallest absolute Gasteiger partial charge is 0.0606 e. The zero-order valence-electron chi connectivity index (χ0n) is 12.8. The molecule has 0 saturated carbocycles. The molecule has 2 aromatic carbocycles. The van der Waals surface area contributed by atoms with E-state index in [2.05, 4.69) is 70.3 Å². The fourth-order valence-electron chi connectivity index (χ4n) is 2.91. The highest BCUT2D eigenvalue weighted by Crippen LogP contribution is 2.34. The van der Waals surface area contributed by atoms with Crippen molar-refractivity contribution < 1.29 is 0 Å². The van der Waals surface area contributed by atoms with Crippen LogP contribution in [0.4, 0.5) is 0 Å². The fraction of sp³-hybridized carbons (Fsp3) is 0.263. The van der Waals surface area contributed by atoms with Crippen LogP contribution in [0, 0.1) is 6.92 Å². The van der Waals surface area contributed by atoms with Crippen molar-refractivity contribution in [3.05, 3.63) is 58.1 Å². The standard InChI is InChI=1S/C19H21BrN2/c1-13-8-10-14(11-9-13)18-15(5-2-3-12-21)16-6-4-7-17(20)19(16)22-18/h4,6-11,22H,2-3,5,12,21H2,1H3. The second-order valence-corrected chi connectivity index (χ2v) is 6.61. The number of hydrogen-bond acceptors (Lipinski definition) is 1. The van der Waals surface area contributed by atoms with E-state index >= 15 is 0 Å². The summed E-state index contributed by atoms with van der Waals surface area (Å²) in [5.41, 5.74) is 12.0. The van der Waals surface area contributed by atoms with Gasteiger partial charge in [-0.1, -0.05) is 42.0 Å². The van der Waals surface area contributed by atoms with Crippen molar-refractivity contribution >= 4 is 26.8 Å². The van der Waals surface area contributed by atoms with Gasteiger partial charge in [0.05, 0.1) is 5.52 Å². The van der Waals surface area contributed by atoms with Gasteiger partial charge in [0.2, 0.25) is 0 Å². The second-order valence-electron chi connectivity index (χ2n) is 5.75. The van der Waals surface area contributed by atoms with Gasteiger partial charge in [0.1, 0.15) is 0 Å². The summed E-state index contributed by atoms with van der Waals surface area (Å²) in [6.45, 7) is 2.87. The Morgan fingerprint density at radius 2 is 1.82 bits per heavy atom. The third-order valence-electron chi connectivity index (χ3n) is 4.11. The number of aromatic amines is 1. The molecule has 0 aliphatic carbocycles. The lowest BCUT2D eigenvalue weighted by Crippen LogP contribution is -1.99. The lowest BCUT2D eigenvalue weighted by molar-refractivity contribution is 0.748. The lowest BCUT2D eigenvalue weighted by Gasteiger charge is -2.05. The molecular weight excluding hydrogens is 336 g/mol. The van der Waals surface area contributed by atoms with Gasteiger partial charge in [-0.25, -0.2) is 0 Å². The molecule has 3 heteroatoms. The SMILES string of the molecule is Cc1ccc(-c2[nH]c3c(Br)cccc3c2CCCCN)cc1. The number of nitrogens with one attached hydrogen (secondary N) is 1. The summed E-state index contributed by atoms with van der Waals surface area (Å²) >= 11 is 3.66. The first-order valence-electron chi connectivity index (χ1n) is 7.77. The molecule has 0 spiro atoms. The highest BCUT2D eigenvalue weighted by molar-refractivity contribution is 9.10. The first kappa shape index (κ1) is 15.3. The zero-order valence-corrected chi connectivity index (χ0v) is 14.4. The maximum atomic E-state index is 5.66. The predicted octanol–water partition coefficient (Wildman–Crippen LogP) is 5.19. The largest absolute Gasteiger partial charge is 0.353 e. The van der Waals surface area contributed by atoms with Crippen LogP contribution >= 0.6 is 15.9 Å². The van der Waals surface area contributed by atoms with E-state index in [1.807, 2.05) is 0 Å². The van der Waals surface area contributed by atoms with E-state index in [1.165, 1.54) is 33.3 Å². The van der Waals surface area contributed by atoms with Crippen molar-refractivity contribution in [1.82, 2.24) is 4.98 Å². The molecule has 0 radical (unpaired) electrons. The Morgan fingerprint density at radius 1 is 1.05 bits per heavy atom. The quantitative estimate of drug-likeness (QED) is 0.607. The minimum Gasteiger partial charge on any atom is -0.353 e. The number of halogens is 1. The van der Waals surface area contributed by atoms with Gasteiger partial charge in [-0.3, -0.25) is 0 Å². The van der Waals surface area contributed by atoms with E-state index in [1.54, 1.807) is 0 Å². The van der Waals surface area contributed by atoms with E-state index in [-0.39, 0.29) is 0 Å². The second kappa shape index (κ2) is 6.67. The Kier molecular flexibility index (Phi) is 4.65. The minimum atomic E-state index is 0.756. The summed E-state index contributed by atoms with van der Waals surface area (Å²) in [5.74, 6) is 0. The van der Waals surface area contributed by atoms with E-state index < -0.39 is 0 Å². The molecule has 3 N–H and O–H groups in total. The molecule has 3 aromatic rings. The van der Waals surface area contributed by atoms with Crippen molar-refractivity contribution in [3.8, 4) is 11.3 Å². The molecule has 0 bridgehead atoms. The number of benzene rings is 2. The van der Waals surface area contributed by atoms with Crippen molar-refractivity contribution in [3.63, 3.8) is 0 Å². The number of unbranched alkanes of at least 4 members (excludes halogenated alkanes) is 1. The van der Waals surface area contributed by atoms with Crippen LogP contribution < -0.4 is 5.73 Å². The Morgan fingerprint density at radius 3 is 2.55 bits per heavy atom. The summed E-state index contributed by atoms with van der Waals surface area (Å²) in [4.78, 5) is 3.62. The molecule has 0 amide bonds. The molecule has 0 atom stereocenters. The summed E-state index contributed by atoms with van der Waals surface area (Å²) in [6, 6.07) is 15.1. The van der Waals surface area contributed by atoms with Gasteiger partial charge in [-0.2, -0.15) is 0 Å². The fourth-order valence-corrected chi connectivity index (χ4v) is 3.38. The van der Waals surface area contributed by atoms with Crippen LogP contribution in [0.15, 0.2) is 46.9 Å². The lowest BCUT2D eigenvalue weighted by atomic mass is 10.00. The van der Waals surface area contributed by atoms with E-state index in [0.29, 0.717) is 0 Å². The number of H-pyrrole nitrogens is 1. The first-order valence-corrected chi connectivity index (χ1v) is 8.56. The third kappa shape index (κ3) is 2.96. The molecule has 114 valence electrons. The van der Waals surface area contributed by atoms with E-state index in [0.717, 1.165) is 30.3 Å². The van der Waals surface area contributed by atoms with Gasteiger partial charge in [0.15, 0.2) is 0 Å². The molecule has 0 unspecified atom stereocenters. The van der Waals surface area contributed by atoms with Gasteiger partial charge >= 0.3 is 0 Å². The van der Waals surface area contributed by atoms with Crippen LogP contribution in [0.25, 0.3) is 22.2 Å². The number of fused-ring (bicyclic) bond motifs is 1. The average molecular weight is 357 g/mol. The Balaban J connectivity index is 2.12. The Bertz CT molecular complexity index is 772.